The van der Waals surface area contributed by atoms with Crippen molar-refractivity contribution in [2.75, 3.05) is 49.6 Å². The van der Waals surface area contributed by atoms with Crippen molar-refractivity contribution in [3.05, 3.63) is 47.5 Å². The minimum Gasteiger partial charge on any atom is -0.490 e. The summed E-state index contributed by atoms with van der Waals surface area (Å²) in [6.07, 6.45) is 0.536. The Labute approximate surface area is 240 Å². The number of benzene rings is 2. The van der Waals surface area contributed by atoms with Crippen LogP contribution in [-0.2, 0) is 27.7 Å². The molecule has 2 fully saturated rings. The lowest BCUT2D eigenvalue weighted by molar-refractivity contribution is -0.133. The largest absolute Gasteiger partial charge is 0.490 e. The number of nitrogens with zero attached hydrogens (tertiary/aromatic N) is 6. The quantitative estimate of drug-likeness (QED) is 0.398. The number of aromatic nitrogens is 3. The molecular weight excluding hydrogens is 556 g/mol. The van der Waals surface area contributed by atoms with Crippen LogP contribution in [0.5, 0.6) is 0 Å². The molecule has 1 atom stereocenters. The summed E-state index contributed by atoms with van der Waals surface area (Å²) in [7, 11) is 3.29. The van der Waals surface area contributed by atoms with Crippen molar-refractivity contribution in [1.29, 1.82) is 0 Å². The summed E-state index contributed by atoms with van der Waals surface area (Å²) < 4.78 is 42.5. The average Bonchev–Trinajstić information content (AvgIpc) is 3.42. The lowest BCUT2D eigenvalue weighted by Crippen LogP contribution is -2.43. The van der Waals surface area contributed by atoms with Crippen LogP contribution < -0.4 is 15.2 Å². The molecule has 0 spiro atoms. The summed E-state index contributed by atoms with van der Waals surface area (Å²) >= 11 is 5.02. The zero-order valence-corrected chi connectivity index (χ0v) is 23.6. The Morgan fingerprint density at radius 2 is 1.95 bits per heavy atom. The molecule has 0 aliphatic carbocycles. The Hall–Kier alpha value is -3.91. The lowest BCUT2D eigenvalue weighted by Gasteiger charge is -2.25. The van der Waals surface area contributed by atoms with Gasteiger partial charge in [-0.05, 0) is 42.8 Å². The summed E-state index contributed by atoms with van der Waals surface area (Å²) in [4.78, 5) is 28.1. The van der Waals surface area contributed by atoms with Gasteiger partial charge in [-0.3, -0.25) is 14.7 Å². The molecule has 1 aromatic heterocycles. The highest BCUT2D eigenvalue weighted by Crippen LogP contribution is 2.32. The first-order valence-corrected chi connectivity index (χ1v) is 13.8. The van der Waals surface area contributed by atoms with Crippen molar-refractivity contribution in [2.24, 2.45) is 7.05 Å². The number of carbonyl (C=O) groups excluding carboxylic acids is 2. The molecule has 0 bridgehead atoms. The van der Waals surface area contributed by atoms with Crippen LogP contribution in [0, 0.1) is 11.6 Å². The fourth-order valence-corrected chi connectivity index (χ4v) is 5.19. The number of hydrogen-bond donors (Lipinski definition) is 1. The van der Waals surface area contributed by atoms with E-state index in [0.717, 1.165) is 28.7 Å². The highest BCUT2D eigenvalue weighted by Gasteiger charge is 2.34. The second kappa shape index (κ2) is 12.3. The highest BCUT2D eigenvalue weighted by atomic mass is 32.1. The number of methoxy groups -OCH3 is 1. The second-order valence-electron chi connectivity index (χ2n) is 9.97. The number of aryl methyl sites for hydroxylation is 2. The van der Waals surface area contributed by atoms with Crippen LogP contribution >= 0.6 is 12.2 Å². The fourth-order valence-electron chi connectivity index (χ4n) is 5.07. The molecule has 2 aliphatic heterocycles. The van der Waals surface area contributed by atoms with E-state index in [1.54, 1.807) is 9.58 Å². The number of anilines is 2. The van der Waals surface area contributed by atoms with Gasteiger partial charge >= 0.3 is 6.09 Å². The van der Waals surface area contributed by atoms with Gasteiger partial charge in [-0.15, -0.1) is 5.10 Å². The summed E-state index contributed by atoms with van der Waals surface area (Å²) in [5, 5.41) is 10.0. The SMILES string of the molecule is COC(=S)CC[C@H]1CN(c2cc(F)c(N3CCNN(C(=O)CCc4ccc5c(c4)nnn5C)CC3)c(F)c2)C(=O)O1. The molecule has 218 valence electrons. The van der Waals surface area contributed by atoms with Crippen molar-refractivity contribution in [3.8, 4) is 0 Å². The van der Waals surface area contributed by atoms with Crippen LogP contribution in [0.2, 0.25) is 0 Å². The predicted molar refractivity (Wildman–Crippen MR) is 152 cm³/mol. The monoisotopic (exact) mass is 587 g/mol. The number of amides is 2. The van der Waals surface area contributed by atoms with Gasteiger partial charge in [0.1, 0.15) is 17.3 Å². The molecule has 41 heavy (non-hydrogen) atoms. The van der Waals surface area contributed by atoms with Crippen LogP contribution in [0.25, 0.3) is 11.0 Å². The predicted octanol–water partition coefficient (Wildman–Crippen LogP) is 3.11. The van der Waals surface area contributed by atoms with E-state index in [-0.39, 0.29) is 49.9 Å². The second-order valence-corrected chi connectivity index (χ2v) is 10.4. The van der Waals surface area contributed by atoms with E-state index in [9.17, 15) is 9.59 Å². The highest BCUT2D eigenvalue weighted by molar-refractivity contribution is 7.80. The molecule has 2 amide bonds. The van der Waals surface area contributed by atoms with Gasteiger partial charge in [0, 0.05) is 51.7 Å². The number of hydrogen-bond acceptors (Lipinski definition) is 9. The number of nitrogens with one attached hydrogen (secondary N) is 1. The number of cyclic esters (lactones) is 1. The lowest BCUT2D eigenvalue weighted by atomic mass is 10.1. The first-order valence-electron chi connectivity index (χ1n) is 13.3. The minimum absolute atomic E-state index is 0.0787. The van der Waals surface area contributed by atoms with Crippen molar-refractivity contribution in [1.82, 2.24) is 25.4 Å². The van der Waals surface area contributed by atoms with Crippen LogP contribution in [0.3, 0.4) is 0 Å². The van der Waals surface area contributed by atoms with E-state index < -0.39 is 23.8 Å². The van der Waals surface area contributed by atoms with Crippen LogP contribution in [0.4, 0.5) is 25.0 Å². The Balaban J connectivity index is 1.18. The third kappa shape index (κ3) is 6.38. The topological polar surface area (TPSA) is 105 Å². The van der Waals surface area contributed by atoms with E-state index in [0.29, 0.717) is 30.9 Å². The van der Waals surface area contributed by atoms with Crippen LogP contribution in [-0.4, -0.2) is 83.0 Å². The number of rotatable bonds is 8. The summed E-state index contributed by atoms with van der Waals surface area (Å²) in [5.41, 5.74) is 5.60. The number of thiocarbonyl (C=S) groups is 1. The molecule has 1 N–H and O–H groups in total. The zero-order valence-electron chi connectivity index (χ0n) is 22.8. The maximum absolute atomic E-state index is 15.3. The number of halogens is 2. The summed E-state index contributed by atoms with van der Waals surface area (Å²) in [6.45, 7) is 1.23. The van der Waals surface area contributed by atoms with Gasteiger partial charge < -0.3 is 14.4 Å². The number of carbonyl (C=O) groups is 2. The summed E-state index contributed by atoms with van der Waals surface area (Å²) in [6, 6.07) is 8.06. The van der Waals surface area contributed by atoms with Crippen molar-refractivity contribution < 1.29 is 27.8 Å². The van der Waals surface area contributed by atoms with Crippen LogP contribution in [0.1, 0.15) is 24.8 Å². The molecule has 11 nitrogen and oxygen atoms in total. The minimum atomic E-state index is -0.795. The third-order valence-electron chi connectivity index (χ3n) is 7.28. The number of hydrazine groups is 1. The van der Waals surface area contributed by atoms with E-state index in [4.69, 9.17) is 21.7 Å². The van der Waals surface area contributed by atoms with Gasteiger partial charge in [-0.25, -0.2) is 23.7 Å². The molecule has 3 aromatic rings. The Morgan fingerprint density at radius 1 is 1.17 bits per heavy atom. The third-order valence-corrected chi connectivity index (χ3v) is 7.65. The van der Waals surface area contributed by atoms with Gasteiger partial charge in [0.25, 0.3) is 0 Å². The zero-order chi connectivity index (χ0) is 29.1. The molecular formula is C27H31F2N7O4S. The molecule has 2 aliphatic rings. The molecule has 2 saturated heterocycles. The van der Waals surface area contributed by atoms with Crippen molar-refractivity contribution >= 4 is 51.7 Å². The maximum Gasteiger partial charge on any atom is 0.414 e. The first-order chi connectivity index (χ1) is 19.7. The van der Waals surface area contributed by atoms with Crippen LogP contribution in [0.15, 0.2) is 30.3 Å². The maximum atomic E-state index is 15.3. The summed E-state index contributed by atoms with van der Waals surface area (Å²) in [5.74, 6) is -1.71. The molecule has 0 saturated carbocycles. The van der Waals surface area contributed by atoms with Gasteiger partial charge in [0.05, 0.1) is 31.4 Å². The first kappa shape index (κ1) is 28.6. The van der Waals surface area contributed by atoms with Crippen molar-refractivity contribution in [2.45, 2.75) is 31.8 Å². The fraction of sp³-hybridized carbons (Fsp3) is 0.444. The molecule has 5 rings (SSSR count). The van der Waals surface area contributed by atoms with E-state index >= 15 is 8.78 Å². The normalized spacial score (nSPS) is 17.6. The molecule has 0 radical (unpaired) electrons. The molecule has 2 aromatic carbocycles. The molecule has 14 heteroatoms. The standard InChI is InChI=1S/C27H31F2N7O4S/c1-33-23-6-3-17(13-22(23)31-32-33)4-7-24(37)36-12-11-34(10-9-30-36)26-20(28)14-18(15-21(26)29)35-16-19(40-27(35)38)5-8-25(41)39-2/h3,6,13-15,19,30H,4-5,7-12,16H2,1-2H3/t19-/m0/s1. The van der Waals surface area contributed by atoms with E-state index in [1.807, 2.05) is 25.2 Å². The average molecular weight is 588 g/mol. The number of ether oxygens (including phenoxy) is 2. The number of fused-ring (bicyclic) bond motifs is 1. The Bertz CT molecular complexity index is 1450. The van der Waals surface area contributed by atoms with Gasteiger partial charge in [-0.1, -0.05) is 11.3 Å². The van der Waals surface area contributed by atoms with E-state index in [2.05, 4.69) is 15.7 Å². The Morgan fingerprint density at radius 3 is 2.71 bits per heavy atom. The Kier molecular flexibility index (Phi) is 8.59. The van der Waals surface area contributed by atoms with Crippen molar-refractivity contribution in [3.63, 3.8) is 0 Å². The molecule has 3 heterocycles. The molecule has 0 unspecified atom stereocenters. The van der Waals surface area contributed by atoms with E-state index in [1.165, 1.54) is 17.0 Å². The van der Waals surface area contributed by atoms with Gasteiger partial charge in [0.2, 0.25) is 5.91 Å². The van der Waals surface area contributed by atoms with Gasteiger partial charge in [0.15, 0.2) is 16.7 Å². The van der Waals surface area contributed by atoms with Gasteiger partial charge in [-0.2, -0.15) is 0 Å². The smallest absolute Gasteiger partial charge is 0.414 e.